The maximum Gasteiger partial charge on any atom is 0.251 e. The van der Waals surface area contributed by atoms with Gasteiger partial charge in [0.05, 0.1) is 11.4 Å². The number of halogens is 2. The van der Waals surface area contributed by atoms with Gasteiger partial charge in [-0.15, -0.1) is 0 Å². The van der Waals surface area contributed by atoms with Crippen LogP contribution in [0.5, 0.6) is 0 Å². The molecule has 1 heterocycles. The van der Waals surface area contributed by atoms with Gasteiger partial charge in [0.25, 0.3) is 5.91 Å². The molecular formula is C18H13F2N3O2S. The number of benzene rings is 2. The summed E-state index contributed by atoms with van der Waals surface area (Å²) in [5.41, 5.74) is 1.32. The van der Waals surface area contributed by atoms with Crippen molar-refractivity contribution in [3.63, 3.8) is 0 Å². The molecule has 2 aromatic rings. The number of carbonyl (C=O) groups excluding carboxylic acids is 2. The summed E-state index contributed by atoms with van der Waals surface area (Å²) < 4.78 is 26.6. The zero-order valence-electron chi connectivity index (χ0n) is 13.6. The fourth-order valence-electron chi connectivity index (χ4n) is 2.40. The number of hydrogen-bond acceptors (Lipinski definition) is 4. The molecule has 1 saturated heterocycles. The van der Waals surface area contributed by atoms with Crippen LogP contribution in [0.2, 0.25) is 0 Å². The molecule has 0 aliphatic carbocycles. The first kappa shape index (κ1) is 17.8. The molecule has 132 valence electrons. The number of nitrogens with zero attached hydrogens (tertiary/aromatic N) is 2. The molecule has 1 aliphatic rings. The maximum atomic E-state index is 13.7. The van der Waals surface area contributed by atoms with Gasteiger partial charge in [-0.3, -0.25) is 19.5 Å². The monoisotopic (exact) mass is 373 g/mol. The fraction of sp³-hybridized carbons (Fsp3) is 0.111. The number of aryl methyl sites for hydroxylation is 1. The molecule has 26 heavy (non-hydrogen) atoms. The van der Waals surface area contributed by atoms with Gasteiger partial charge < -0.3 is 5.32 Å². The molecule has 2 aromatic carbocycles. The van der Waals surface area contributed by atoms with Crippen molar-refractivity contribution in [3.05, 3.63) is 59.7 Å². The third kappa shape index (κ3) is 3.50. The standard InChI is InChI=1S/C18H13F2N3O2S/c1-10-2-5-12(6-3-10)23-17(25)13(16(24)22-18(23)26)9-21-15-7-4-11(19)8-14(15)20/h2-9,13H,1H3,(H,22,24,26)/t13-/m0/s1. The molecule has 0 bridgehead atoms. The number of nitrogens with one attached hydrogen (secondary N) is 1. The van der Waals surface area contributed by atoms with Crippen molar-refractivity contribution in [2.45, 2.75) is 6.92 Å². The average molecular weight is 373 g/mol. The van der Waals surface area contributed by atoms with Crippen LogP contribution in [0.4, 0.5) is 20.2 Å². The van der Waals surface area contributed by atoms with E-state index < -0.39 is 29.4 Å². The predicted octanol–water partition coefficient (Wildman–Crippen LogP) is 3.04. The lowest BCUT2D eigenvalue weighted by Crippen LogP contribution is -2.58. The number of aliphatic imine (C=N–C) groups is 1. The summed E-state index contributed by atoms with van der Waals surface area (Å²) in [4.78, 5) is 29.8. The van der Waals surface area contributed by atoms with Crippen molar-refractivity contribution in [1.29, 1.82) is 0 Å². The first-order valence-electron chi connectivity index (χ1n) is 7.61. The molecular weight excluding hydrogens is 360 g/mol. The Morgan fingerprint density at radius 3 is 2.50 bits per heavy atom. The van der Waals surface area contributed by atoms with E-state index in [4.69, 9.17) is 12.2 Å². The third-order valence-corrected chi connectivity index (χ3v) is 4.05. The molecule has 5 nitrogen and oxygen atoms in total. The van der Waals surface area contributed by atoms with Gasteiger partial charge in [0.15, 0.2) is 16.8 Å². The van der Waals surface area contributed by atoms with Crippen LogP contribution in [-0.2, 0) is 9.59 Å². The molecule has 0 aromatic heterocycles. The van der Waals surface area contributed by atoms with E-state index in [9.17, 15) is 18.4 Å². The van der Waals surface area contributed by atoms with Crippen LogP contribution in [0, 0.1) is 24.5 Å². The predicted molar refractivity (Wildman–Crippen MR) is 97.4 cm³/mol. The van der Waals surface area contributed by atoms with E-state index in [2.05, 4.69) is 10.3 Å². The van der Waals surface area contributed by atoms with E-state index in [-0.39, 0.29) is 10.8 Å². The number of hydrogen-bond donors (Lipinski definition) is 1. The van der Waals surface area contributed by atoms with E-state index in [1.54, 1.807) is 24.3 Å². The molecule has 0 radical (unpaired) electrons. The van der Waals surface area contributed by atoms with E-state index in [0.29, 0.717) is 11.8 Å². The van der Waals surface area contributed by atoms with Crippen LogP contribution in [-0.4, -0.2) is 23.1 Å². The number of carbonyl (C=O) groups is 2. The van der Waals surface area contributed by atoms with Gasteiger partial charge in [-0.2, -0.15) is 0 Å². The molecule has 0 saturated carbocycles. The summed E-state index contributed by atoms with van der Waals surface area (Å²) in [6.07, 6.45) is 1.02. The third-order valence-electron chi connectivity index (χ3n) is 3.77. The Labute approximate surface area is 153 Å². The fourth-order valence-corrected chi connectivity index (χ4v) is 2.70. The Hall–Kier alpha value is -3.00. The van der Waals surface area contributed by atoms with Gasteiger partial charge in [-0.25, -0.2) is 8.78 Å². The Morgan fingerprint density at radius 1 is 1.15 bits per heavy atom. The highest BCUT2D eigenvalue weighted by molar-refractivity contribution is 7.80. The van der Waals surface area contributed by atoms with E-state index >= 15 is 0 Å². The second kappa shape index (κ2) is 7.09. The van der Waals surface area contributed by atoms with Crippen molar-refractivity contribution in [3.8, 4) is 0 Å². The van der Waals surface area contributed by atoms with Crippen molar-refractivity contribution < 1.29 is 18.4 Å². The second-order valence-electron chi connectivity index (χ2n) is 5.66. The molecule has 1 aliphatic heterocycles. The summed E-state index contributed by atoms with van der Waals surface area (Å²) in [7, 11) is 0. The van der Waals surface area contributed by atoms with Crippen LogP contribution in [0.25, 0.3) is 0 Å². The highest BCUT2D eigenvalue weighted by Crippen LogP contribution is 2.22. The normalized spacial score (nSPS) is 17.7. The minimum Gasteiger partial charge on any atom is -0.301 e. The van der Waals surface area contributed by atoms with Gasteiger partial charge in [0.2, 0.25) is 5.91 Å². The highest BCUT2D eigenvalue weighted by atomic mass is 32.1. The van der Waals surface area contributed by atoms with Crippen molar-refractivity contribution >= 4 is 46.7 Å². The molecule has 0 unspecified atom stereocenters. The second-order valence-corrected chi connectivity index (χ2v) is 6.04. The summed E-state index contributed by atoms with van der Waals surface area (Å²) in [6, 6.07) is 9.83. The molecule has 0 spiro atoms. The Bertz CT molecular complexity index is 929. The van der Waals surface area contributed by atoms with Gasteiger partial charge in [-0.05, 0) is 43.4 Å². The van der Waals surface area contributed by atoms with Gasteiger partial charge in [0.1, 0.15) is 5.82 Å². The summed E-state index contributed by atoms with van der Waals surface area (Å²) in [5, 5.41) is 2.40. The number of anilines is 1. The zero-order valence-corrected chi connectivity index (χ0v) is 14.4. The summed E-state index contributed by atoms with van der Waals surface area (Å²) in [6.45, 7) is 1.90. The first-order valence-corrected chi connectivity index (χ1v) is 8.02. The quantitative estimate of drug-likeness (QED) is 0.511. The maximum absolute atomic E-state index is 13.7. The minimum absolute atomic E-state index is 0.0403. The van der Waals surface area contributed by atoms with Crippen molar-refractivity contribution in [2.24, 2.45) is 10.9 Å². The van der Waals surface area contributed by atoms with Gasteiger partial charge >= 0.3 is 0 Å². The minimum atomic E-state index is -1.28. The lowest BCUT2D eigenvalue weighted by atomic mass is 10.1. The molecule has 1 atom stereocenters. The first-order chi connectivity index (χ1) is 12.4. The van der Waals surface area contributed by atoms with Crippen LogP contribution in [0.3, 0.4) is 0 Å². The topological polar surface area (TPSA) is 61.8 Å². The zero-order chi connectivity index (χ0) is 18.8. The number of thiocarbonyl (C=S) groups is 1. The Morgan fingerprint density at radius 2 is 1.85 bits per heavy atom. The summed E-state index contributed by atoms with van der Waals surface area (Å²) in [5.74, 6) is -4.18. The smallest absolute Gasteiger partial charge is 0.251 e. The number of rotatable bonds is 3. The van der Waals surface area contributed by atoms with Crippen LogP contribution in [0.1, 0.15) is 5.56 Å². The number of amides is 2. The van der Waals surface area contributed by atoms with E-state index in [0.717, 1.165) is 23.9 Å². The lowest BCUT2D eigenvalue weighted by molar-refractivity contribution is -0.130. The van der Waals surface area contributed by atoms with Crippen LogP contribution >= 0.6 is 12.2 Å². The Kier molecular flexibility index (Phi) is 4.85. The SMILES string of the molecule is Cc1ccc(N2C(=O)[C@@H](C=Nc3ccc(F)cc3F)C(=O)NC2=S)cc1. The molecule has 3 rings (SSSR count). The average Bonchev–Trinajstić information content (AvgIpc) is 2.57. The van der Waals surface area contributed by atoms with Gasteiger partial charge in [-0.1, -0.05) is 17.7 Å². The van der Waals surface area contributed by atoms with E-state index in [1.807, 2.05) is 6.92 Å². The molecule has 1 fully saturated rings. The van der Waals surface area contributed by atoms with E-state index in [1.165, 1.54) is 4.90 Å². The van der Waals surface area contributed by atoms with Crippen molar-refractivity contribution in [2.75, 3.05) is 4.90 Å². The molecule has 8 heteroatoms. The van der Waals surface area contributed by atoms with Crippen molar-refractivity contribution in [1.82, 2.24) is 5.32 Å². The van der Waals surface area contributed by atoms with Crippen LogP contribution in [0.15, 0.2) is 47.5 Å². The van der Waals surface area contributed by atoms with Gasteiger partial charge in [0, 0.05) is 12.3 Å². The van der Waals surface area contributed by atoms with Crippen LogP contribution < -0.4 is 10.2 Å². The summed E-state index contributed by atoms with van der Waals surface area (Å²) >= 11 is 5.09. The largest absolute Gasteiger partial charge is 0.301 e. The molecule has 1 N–H and O–H groups in total. The highest BCUT2D eigenvalue weighted by Gasteiger charge is 2.38. The lowest BCUT2D eigenvalue weighted by Gasteiger charge is -2.30. The molecule has 2 amide bonds. The Balaban J connectivity index is 1.90.